The normalized spacial score (nSPS) is 12.0. The van der Waals surface area contributed by atoms with E-state index in [0.717, 1.165) is 24.3 Å². The maximum atomic E-state index is 14.1. The van der Waals surface area contributed by atoms with E-state index in [1.807, 2.05) is 0 Å². The Kier molecular flexibility index (Phi) is 4.74. The number of hydrogen-bond acceptors (Lipinski definition) is 4. The Balaban J connectivity index is 2.24. The minimum absolute atomic E-state index is 0.101. The van der Waals surface area contributed by atoms with Crippen molar-refractivity contribution in [3.8, 4) is 22.4 Å². The molecule has 11 heteroatoms. The van der Waals surface area contributed by atoms with Gasteiger partial charge in [-0.1, -0.05) is 11.2 Å². The SMILES string of the molecule is NS(=O)(=O)c1ccc(-c2c(-c3ccc(F)c(F)c3)noc2C(F)F)cc1F. The third-order valence-electron chi connectivity index (χ3n) is 3.64. The Morgan fingerprint density at radius 3 is 2.11 bits per heavy atom. The molecule has 0 aliphatic carbocycles. The quantitative estimate of drug-likeness (QED) is 0.666. The fraction of sp³-hybridized carbons (Fsp3) is 0.0625. The number of nitrogens with two attached hydrogens (primary N) is 1. The number of aromatic nitrogens is 1. The summed E-state index contributed by atoms with van der Waals surface area (Å²) < 4.78 is 94.5. The van der Waals surface area contributed by atoms with Crippen LogP contribution in [0.5, 0.6) is 0 Å². The Morgan fingerprint density at radius 1 is 0.926 bits per heavy atom. The molecule has 0 aliphatic rings. The highest BCUT2D eigenvalue weighted by atomic mass is 32.2. The molecule has 0 atom stereocenters. The summed E-state index contributed by atoms with van der Waals surface area (Å²) in [5.41, 5.74) is -1.01. The third-order valence-corrected chi connectivity index (χ3v) is 4.58. The standard InChI is InChI=1S/C16H9F5N2O3S/c17-9-3-1-8(6-10(9)18)14-13(15(16(20)21)26-23-14)7-2-4-12(11(19)5-7)27(22,24)25/h1-6,16H,(H2,22,24,25). The van der Waals surface area contributed by atoms with Gasteiger partial charge in [-0.25, -0.2) is 35.5 Å². The van der Waals surface area contributed by atoms with Gasteiger partial charge in [0.05, 0.1) is 5.56 Å². The highest BCUT2D eigenvalue weighted by Gasteiger charge is 2.27. The average molecular weight is 404 g/mol. The number of halogens is 5. The number of benzene rings is 2. The molecular weight excluding hydrogens is 395 g/mol. The fourth-order valence-corrected chi connectivity index (χ4v) is 3.05. The van der Waals surface area contributed by atoms with Crippen molar-refractivity contribution in [2.45, 2.75) is 11.3 Å². The first-order valence-corrected chi connectivity index (χ1v) is 8.70. The van der Waals surface area contributed by atoms with Crippen LogP contribution in [-0.4, -0.2) is 13.6 Å². The fourth-order valence-electron chi connectivity index (χ4n) is 2.46. The van der Waals surface area contributed by atoms with Crippen molar-refractivity contribution in [3.05, 3.63) is 59.6 Å². The molecule has 0 fully saturated rings. The summed E-state index contributed by atoms with van der Waals surface area (Å²) in [6, 6.07) is 5.00. The summed E-state index contributed by atoms with van der Waals surface area (Å²) in [5, 5.41) is 8.31. The molecule has 142 valence electrons. The monoisotopic (exact) mass is 404 g/mol. The van der Waals surface area contributed by atoms with Gasteiger partial charge in [0, 0.05) is 5.56 Å². The van der Waals surface area contributed by atoms with E-state index in [4.69, 9.17) is 5.14 Å². The van der Waals surface area contributed by atoms with Gasteiger partial charge in [0.15, 0.2) is 11.6 Å². The van der Waals surface area contributed by atoms with E-state index >= 15 is 0 Å². The molecule has 0 radical (unpaired) electrons. The molecule has 2 N–H and O–H groups in total. The van der Waals surface area contributed by atoms with Crippen LogP contribution in [0.15, 0.2) is 45.8 Å². The maximum absolute atomic E-state index is 14.1. The second-order valence-corrected chi connectivity index (χ2v) is 6.92. The number of alkyl halides is 2. The van der Waals surface area contributed by atoms with Gasteiger partial charge in [-0.15, -0.1) is 0 Å². The van der Waals surface area contributed by atoms with Crippen LogP contribution >= 0.6 is 0 Å². The zero-order valence-corrected chi connectivity index (χ0v) is 13.9. The topological polar surface area (TPSA) is 86.2 Å². The number of sulfonamides is 1. The van der Waals surface area contributed by atoms with Crippen LogP contribution in [0.2, 0.25) is 0 Å². The van der Waals surface area contributed by atoms with Gasteiger partial charge >= 0.3 is 0 Å². The van der Waals surface area contributed by atoms with Gasteiger partial charge < -0.3 is 4.52 Å². The molecule has 3 rings (SSSR count). The van der Waals surface area contributed by atoms with Gasteiger partial charge in [-0.3, -0.25) is 0 Å². The molecule has 1 heterocycles. The molecule has 0 amide bonds. The molecule has 2 aromatic carbocycles. The van der Waals surface area contributed by atoms with E-state index in [0.29, 0.717) is 12.1 Å². The zero-order chi connectivity index (χ0) is 19.9. The summed E-state index contributed by atoms with van der Waals surface area (Å²) in [6.07, 6.45) is -3.16. The lowest BCUT2D eigenvalue weighted by atomic mass is 9.99. The molecule has 3 aromatic rings. The van der Waals surface area contributed by atoms with Crippen LogP contribution in [0.1, 0.15) is 12.2 Å². The average Bonchev–Trinajstić information content (AvgIpc) is 3.01. The third kappa shape index (κ3) is 3.55. The van der Waals surface area contributed by atoms with E-state index in [1.54, 1.807) is 0 Å². The van der Waals surface area contributed by atoms with Crippen molar-refractivity contribution in [1.82, 2.24) is 5.16 Å². The van der Waals surface area contributed by atoms with E-state index < -0.39 is 50.1 Å². The molecule has 0 bridgehead atoms. The molecule has 27 heavy (non-hydrogen) atoms. The highest BCUT2D eigenvalue weighted by molar-refractivity contribution is 7.89. The van der Waals surface area contributed by atoms with Crippen molar-refractivity contribution in [2.24, 2.45) is 5.14 Å². The maximum Gasteiger partial charge on any atom is 0.298 e. The van der Waals surface area contributed by atoms with Gasteiger partial charge in [0.25, 0.3) is 6.43 Å². The van der Waals surface area contributed by atoms with Gasteiger partial charge in [0.1, 0.15) is 16.4 Å². The predicted octanol–water partition coefficient (Wildman–Crippen LogP) is 4.01. The largest absolute Gasteiger partial charge is 0.354 e. The first kappa shape index (κ1) is 19.0. The number of primary sulfonamides is 1. The molecule has 0 spiro atoms. The van der Waals surface area contributed by atoms with E-state index in [2.05, 4.69) is 9.68 Å². The van der Waals surface area contributed by atoms with E-state index in [9.17, 15) is 30.4 Å². The van der Waals surface area contributed by atoms with Crippen LogP contribution in [-0.2, 0) is 10.0 Å². The van der Waals surface area contributed by atoms with Crippen LogP contribution < -0.4 is 5.14 Å². The second-order valence-electron chi connectivity index (χ2n) is 5.39. The van der Waals surface area contributed by atoms with Crippen molar-refractivity contribution in [3.63, 3.8) is 0 Å². The zero-order valence-electron chi connectivity index (χ0n) is 13.1. The lowest BCUT2D eigenvalue weighted by Gasteiger charge is -2.07. The number of nitrogens with zero attached hydrogens (tertiary/aromatic N) is 1. The Labute approximate surface area is 149 Å². The molecule has 0 saturated carbocycles. The smallest absolute Gasteiger partial charge is 0.298 e. The summed E-state index contributed by atoms with van der Waals surface area (Å²) in [4.78, 5) is -0.837. The molecule has 0 saturated heterocycles. The van der Waals surface area contributed by atoms with Crippen molar-refractivity contribution in [1.29, 1.82) is 0 Å². The molecular formula is C16H9F5N2O3S. The van der Waals surface area contributed by atoms with Crippen LogP contribution in [0, 0.1) is 17.5 Å². The summed E-state index contributed by atoms with van der Waals surface area (Å²) in [6.45, 7) is 0. The predicted molar refractivity (Wildman–Crippen MR) is 83.6 cm³/mol. The van der Waals surface area contributed by atoms with Crippen LogP contribution in [0.4, 0.5) is 22.0 Å². The lowest BCUT2D eigenvalue weighted by molar-refractivity contribution is 0.113. The Morgan fingerprint density at radius 2 is 1.56 bits per heavy atom. The Bertz CT molecular complexity index is 1130. The lowest BCUT2D eigenvalue weighted by Crippen LogP contribution is -2.14. The van der Waals surface area contributed by atoms with E-state index in [-0.39, 0.29) is 16.8 Å². The Hall–Kier alpha value is -2.79. The second kappa shape index (κ2) is 6.74. The van der Waals surface area contributed by atoms with Crippen molar-refractivity contribution < 1.29 is 34.9 Å². The van der Waals surface area contributed by atoms with Crippen molar-refractivity contribution in [2.75, 3.05) is 0 Å². The summed E-state index contributed by atoms with van der Waals surface area (Å²) >= 11 is 0. The minimum atomic E-state index is -4.37. The minimum Gasteiger partial charge on any atom is -0.354 e. The van der Waals surface area contributed by atoms with Gasteiger partial charge in [-0.05, 0) is 35.9 Å². The van der Waals surface area contributed by atoms with E-state index in [1.165, 1.54) is 0 Å². The molecule has 1 aromatic heterocycles. The number of rotatable bonds is 4. The van der Waals surface area contributed by atoms with Crippen molar-refractivity contribution >= 4 is 10.0 Å². The van der Waals surface area contributed by atoms with Crippen LogP contribution in [0.3, 0.4) is 0 Å². The number of hydrogen-bond donors (Lipinski definition) is 1. The molecule has 0 unspecified atom stereocenters. The molecule has 0 aliphatic heterocycles. The first-order chi connectivity index (χ1) is 12.6. The highest BCUT2D eigenvalue weighted by Crippen LogP contribution is 2.39. The summed E-state index contributed by atoms with van der Waals surface area (Å²) in [7, 11) is -4.37. The summed E-state index contributed by atoms with van der Waals surface area (Å²) in [5.74, 6) is -4.65. The first-order valence-electron chi connectivity index (χ1n) is 7.15. The molecule has 5 nitrogen and oxygen atoms in total. The van der Waals surface area contributed by atoms with Crippen LogP contribution in [0.25, 0.3) is 22.4 Å². The van der Waals surface area contributed by atoms with Gasteiger partial charge in [-0.2, -0.15) is 0 Å². The van der Waals surface area contributed by atoms with Gasteiger partial charge in [0.2, 0.25) is 15.8 Å².